The molecule has 6 nitrogen and oxygen atoms in total. The van der Waals surface area contributed by atoms with E-state index in [1.54, 1.807) is 19.2 Å². The Morgan fingerprint density at radius 1 is 0.939 bits per heavy atom. The van der Waals surface area contributed by atoms with E-state index in [1.807, 2.05) is 30.3 Å². The molecule has 0 spiro atoms. The van der Waals surface area contributed by atoms with Crippen molar-refractivity contribution in [2.24, 2.45) is 0 Å². The van der Waals surface area contributed by atoms with Crippen LogP contribution in [0.4, 0.5) is 5.69 Å². The van der Waals surface area contributed by atoms with Crippen LogP contribution in [-0.4, -0.2) is 43.3 Å². The first kappa shape index (κ1) is 21.1. The lowest BCUT2D eigenvalue weighted by Crippen LogP contribution is -2.46. The van der Waals surface area contributed by atoms with Gasteiger partial charge >= 0.3 is 0 Å². The zero-order chi connectivity index (χ0) is 22.8. The summed E-state index contributed by atoms with van der Waals surface area (Å²) < 4.78 is 11.2. The minimum absolute atomic E-state index is 0.114. The number of para-hydroxylation sites is 1. The van der Waals surface area contributed by atoms with Crippen LogP contribution in [0.15, 0.2) is 82.2 Å². The van der Waals surface area contributed by atoms with E-state index in [2.05, 4.69) is 34.1 Å². The fraction of sp³-hybridized carbons (Fsp3) is 0.222. The third kappa shape index (κ3) is 4.17. The number of hydrogen-bond acceptors (Lipinski definition) is 6. The lowest BCUT2D eigenvalue weighted by molar-refractivity contribution is 0.246. The standard InChI is InChI=1S/C27H26N2O4/c1-32-21-9-7-19(8-10-21)24-18-33-27-22(26(24)31)11-12-25(30)23(27)17-28-13-15-29(16-14-28)20-5-3-2-4-6-20/h2-12,18,30H,13-17H2,1H3. The number of phenolic OH excluding ortho intramolecular Hbond substituents is 1. The molecular weight excluding hydrogens is 416 g/mol. The summed E-state index contributed by atoms with van der Waals surface area (Å²) in [6, 6.07) is 20.9. The van der Waals surface area contributed by atoms with E-state index in [0.717, 1.165) is 37.5 Å². The lowest BCUT2D eigenvalue weighted by atomic mass is 10.0. The zero-order valence-corrected chi connectivity index (χ0v) is 18.5. The molecule has 1 aliphatic heterocycles. The van der Waals surface area contributed by atoms with Crippen LogP contribution >= 0.6 is 0 Å². The molecule has 168 valence electrons. The van der Waals surface area contributed by atoms with Gasteiger partial charge in [-0.2, -0.15) is 0 Å². The van der Waals surface area contributed by atoms with Crippen molar-refractivity contribution in [3.63, 3.8) is 0 Å². The smallest absolute Gasteiger partial charge is 0.200 e. The molecule has 0 aliphatic carbocycles. The molecule has 4 aromatic rings. The quantitative estimate of drug-likeness (QED) is 0.491. The lowest BCUT2D eigenvalue weighted by Gasteiger charge is -2.36. The molecule has 1 saturated heterocycles. The first-order valence-electron chi connectivity index (χ1n) is 11.1. The summed E-state index contributed by atoms with van der Waals surface area (Å²) in [6.45, 7) is 4.05. The zero-order valence-electron chi connectivity index (χ0n) is 18.5. The molecule has 6 heteroatoms. The molecule has 0 saturated carbocycles. The molecule has 0 amide bonds. The third-order valence-electron chi connectivity index (χ3n) is 6.30. The van der Waals surface area contributed by atoms with Crippen molar-refractivity contribution in [2.75, 3.05) is 38.2 Å². The van der Waals surface area contributed by atoms with Gasteiger partial charge in [-0.05, 0) is 42.0 Å². The SMILES string of the molecule is COc1ccc(-c2coc3c(CN4CCN(c5ccccc5)CC4)c(O)ccc3c2=O)cc1. The second-order valence-corrected chi connectivity index (χ2v) is 8.25. The second-order valence-electron chi connectivity index (χ2n) is 8.25. The van der Waals surface area contributed by atoms with Crippen LogP contribution in [0.25, 0.3) is 22.1 Å². The number of fused-ring (bicyclic) bond motifs is 1. The van der Waals surface area contributed by atoms with E-state index < -0.39 is 0 Å². The van der Waals surface area contributed by atoms with E-state index in [0.29, 0.717) is 28.6 Å². The summed E-state index contributed by atoms with van der Waals surface area (Å²) >= 11 is 0. The van der Waals surface area contributed by atoms with Crippen LogP contribution in [0.1, 0.15) is 5.56 Å². The normalized spacial score (nSPS) is 14.5. The maximum atomic E-state index is 13.2. The highest BCUT2D eigenvalue weighted by molar-refractivity contribution is 5.85. The number of ether oxygens (including phenoxy) is 1. The molecule has 0 bridgehead atoms. The predicted octanol–water partition coefficient (Wildman–Crippen LogP) is 4.50. The summed E-state index contributed by atoms with van der Waals surface area (Å²) in [5, 5.41) is 11.1. The summed E-state index contributed by atoms with van der Waals surface area (Å²) in [5.74, 6) is 0.872. The molecule has 0 unspecified atom stereocenters. The topological polar surface area (TPSA) is 66.2 Å². The van der Waals surface area contributed by atoms with Gasteiger partial charge < -0.3 is 19.2 Å². The van der Waals surface area contributed by atoms with Crippen molar-refractivity contribution in [2.45, 2.75) is 6.54 Å². The average molecular weight is 443 g/mol. The monoisotopic (exact) mass is 442 g/mol. The van der Waals surface area contributed by atoms with E-state index in [9.17, 15) is 9.90 Å². The molecule has 0 radical (unpaired) electrons. The molecule has 2 heterocycles. The number of hydrogen-bond donors (Lipinski definition) is 1. The van der Waals surface area contributed by atoms with Crippen LogP contribution in [0.5, 0.6) is 11.5 Å². The van der Waals surface area contributed by atoms with Gasteiger partial charge in [-0.1, -0.05) is 30.3 Å². The minimum Gasteiger partial charge on any atom is -0.507 e. The van der Waals surface area contributed by atoms with Crippen molar-refractivity contribution in [1.82, 2.24) is 4.90 Å². The maximum absolute atomic E-state index is 13.2. The van der Waals surface area contributed by atoms with Gasteiger partial charge in [-0.15, -0.1) is 0 Å². The van der Waals surface area contributed by atoms with E-state index in [-0.39, 0.29) is 11.2 Å². The molecule has 1 aliphatic rings. The van der Waals surface area contributed by atoms with Gasteiger partial charge in [-0.3, -0.25) is 9.69 Å². The number of rotatable bonds is 5. The van der Waals surface area contributed by atoms with Gasteiger partial charge in [0.15, 0.2) is 0 Å². The second kappa shape index (κ2) is 9.00. The first-order valence-corrected chi connectivity index (χ1v) is 11.1. The number of nitrogens with zero attached hydrogens (tertiary/aromatic N) is 2. The van der Waals surface area contributed by atoms with Gasteiger partial charge in [-0.25, -0.2) is 0 Å². The van der Waals surface area contributed by atoms with Crippen molar-refractivity contribution < 1.29 is 14.3 Å². The summed E-state index contributed by atoms with van der Waals surface area (Å²) in [4.78, 5) is 17.9. The third-order valence-corrected chi connectivity index (χ3v) is 6.30. The number of anilines is 1. The molecule has 0 atom stereocenters. The highest BCUT2D eigenvalue weighted by Crippen LogP contribution is 2.30. The fourth-order valence-electron chi connectivity index (χ4n) is 4.40. The molecular formula is C27H26N2O4. The van der Waals surface area contributed by atoms with Crippen molar-refractivity contribution in [3.05, 3.63) is 88.8 Å². The molecule has 1 N–H and O–H groups in total. The molecule has 1 fully saturated rings. The van der Waals surface area contributed by atoms with E-state index in [4.69, 9.17) is 9.15 Å². The van der Waals surface area contributed by atoms with E-state index in [1.165, 1.54) is 12.0 Å². The van der Waals surface area contributed by atoms with Crippen LogP contribution in [-0.2, 0) is 6.54 Å². The van der Waals surface area contributed by atoms with Crippen molar-refractivity contribution in [1.29, 1.82) is 0 Å². The van der Waals surface area contributed by atoms with Crippen molar-refractivity contribution >= 4 is 16.7 Å². The fourth-order valence-corrected chi connectivity index (χ4v) is 4.40. The Hall–Kier alpha value is -3.77. The Bertz CT molecular complexity index is 1310. The Labute approximate surface area is 192 Å². The number of piperazine rings is 1. The highest BCUT2D eigenvalue weighted by atomic mass is 16.5. The Balaban J connectivity index is 1.40. The van der Waals surface area contributed by atoms with Crippen LogP contribution < -0.4 is 15.1 Å². The Morgan fingerprint density at radius 3 is 2.36 bits per heavy atom. The average Bonchev–Trinajstić information content (AvgIpc) is 2.87. The van der Waals surface area contributed by atoms with Crippen LogP contribution in [0.3, 0.4) is 0 Å². The van der Waals surface area contributed by atoms with Gasteiger partial charge in [0.2, 0.25) is 5.43 Å². The van der Waals surface area contributed by atoms with Gasteiger partial charge in [0, 0.05) is 38.4 Å². The summed E-state index contributed by atoms with van der Waals surface area (Å²) in [5.41, 5.74) is 3.46. The minimum atomic E-state index is -0.114. The van der Waals surface area contributed by atoms with Gasteiger partial charge in [0.1, 0.15) is 23.3 Å². The van der Waals surface area contributed by atoms with E-state index >= 15 is 0 Å². The Kier molecular flexibility index (Phi) is 5.75. The summed E-state index contributed by atoms with van der Waals surface area (Å²) in [7, 11) is 1.61. The molecule has 33 heavy (non-hydrogen) atoms. The summed E-state index contributed by atoms with van der Waals surface area (Å²) in [6.07, 6.45) is 1.49. The highest BCUT2D eigenvalue weighted by Gasteiger charge is 2.21. The van der Waals surface area contributed by atoms with Gasteiger partial charge in [0.25, 0.3) is 0 Å². The number of methoxy groups -OCH3 is 1. The maximum Gasteiger partial charge on any atom is 0.200 e. The molecule has 5 rings (SSSR count). The largest absolute Gasteiger partial charge is 0.507 e. The van der Waals surface area contributed by atoms with Crippen LogP contribution in [0, 0.1) is 0 Å². The number of benzene rings is 3. The predicted molar refractivity (Wildman–Crippen MR) is 130 cm³/mol. The molecule has 1 aromatic heterocycles. The number of aromatic hydroxyl groups is 1. The van der Waals surface area contributed by atoms with Crippen molar-refractivity contribution in [3.8, 4) is 22.6 Å². The van der Waals surface area contributed by atoms with Crippen LogP contribution in [0.2, 0.25) is 0 Å². The Morgan fingerprint density at radius 2 is 1.67 bits per heavy atom. The first-order chi connectivity index (χ1) is 16.1. The molecule has 3 aromatic carbocycles. The number of phenols is 1. The van der Waals surface area contributed by atoms with Gasteiger partial charge in [0.05, 0.1) is 23.6 Å².